The van der Waals surface area contributed by atoms with Gasteiger partial charge in [0.1, 0.15) is 11.6 Å². The van der Waals surface area contributed by atoms with E-state index < -0.39 is 0 Å². The van der Waals surface area contributed by atoms with Crippen LogP contribution in [0.15, 0.2) is 67.0 Å². The topological polar surface area (TPSA) is 69.0 Å². The highest BCUT2D eigenvalue weighted by atomic mass is 16.5. The van der Waals surface area contributed by atoms with Crippen LogP contribution in [0.4, 0.5) is 0 Å². The highest BCUT2D eigenvalue weighted by molar-refractivity contribution is 5.94. The van der Waals surface area contributed by atoms with Crippen LogP contribution in [-0.2, 0) is 6.54 Å². The molecule has 1 atom stereocenters. The molecule has 2 aromatic carbocycles. The number of imidazole rings is 1. The minimum absolute atomic E-state index is 0.164. The van der Waals surface area contributed by atoms with Crippen LogP contribution in [0.1, 0.15) is 46.7 Å². The second-order valence-electron chi connectivity index (χ2n) is 8.02. The molecule has 0 aliphatic heterocycles. The maximum Gasteiger partial charge on any atom is 0.253 e. The molecule has 1 N–H and O–H groups in total. The van der Waals surface area contributed by atoms with Crippen molar-refractivity contribution < 1.29 is 9.53 Å². The molecule has 4 aromatic rings. The molecule has 164 valence electrons. The third-order valence-electron chi connectivity index (χ3n) is 5.46. The number of nitrogens with zero attached hydrogens (tertiary/aromatic N) is 3. The zero-order chi connectivity index (χ0) is 22.5. The zero-order valence-corrected chi connectivity index (χ0v) is 18.7. The Balaban J connectivity index is 1.48. The van der Waals surface area contributed by atoms with Crippen molar-refractivity contribution in [1.29, 1.82) is 0 Å². The van der Waals surface area contributed by atoms with Gasteiger partial charge in [-0.05, 0) is 63.1 Å². The number of hydrogen-bond acceptors (Lipinski definition) is 4. The number of rotatable bonds is 8. The van der Waals surface area contributed by atoms with Crippen molar-refractivity contribution in [2.24, 2.45) is 0 Å². The molecule has 1 amide bonds. The Morgan fingerprint density at radius 2 is 1.97 bits per heavy atom. The SMILES string of the molecule is Cc1ccc(OCCCn2c(C(C)NC(=O)c3cccnc3)nc3ccccc32)c(C)c1. The second-order valence-corrected chi connectivity index (χ2v) is 8.02. The minimum atomic E-state index is -0.254. The van der Waals surface area contributed by atoms with E-state index in [4.69, 9.17) is 9.72 Å². The first kappa shape index (κ1) is 21.6. The number of aromatic nitrogens is 3. The third kappa shape index (κ3) is 4.80. The summed E-state index contributed by atoms with van der Waals surface area (Å²) in [6.07, 6.45) is 4.04. The van der Waals surface area contributed by atoms with Crippen molar-refractivity contribution >= 4 is 16.9 Å². The van der Waals surface area contributed by atoms with Crippen molar-refractivity contribution in [3.05, 3.63) is 89.5 Å². The van der Waals surface area contributed by atoms with Gasteiger partial charge < -0.3 is 14.6 Å². The van der Waals surface area contributed by atoms with Crippen molar-refractivity contribution in [3.8, 4) is 5.75 Å². The Morgan fingerprint density at radius 1 is 1.12 bits per heavy atom. The summed E-state index contributed by atoms with van der Waals surface area (Å²) >= 11 is 0. The summed E-state index contributed by atoms with van der Waals surface area (Å²) in [6, 6.07) is 17.5. The largest absolute Gasteiger partial charge is 0.493 e. The Kier molecular flexibility index (Phi) is 6.50. The lowest BCUT2D eigenvalue weighted by atomic mass is 10.1. The Bertz CT molecular complexity index is 1220. The molecule has 0 saturated heterocycles. The number of carbonyl (C=O) groups is 1. The summed E-state index contributed by atoms with van der Waals surface area (Å²) in [6.45, 7) is 7.45. The standard InChI is InChI=1S/C26H28N4O2/c1-18-11-12-24(19(2)16-18)32-15-7-14-30-23-10-5-4-9-22(23)29-25(30)20(3)28-26(31)21-8-6-13-27-17-21/h4-6,8-13,16-17,20H,7,14-15H2,1-3H3,(H,28,31). The van der Waals surface area contributed by atoms with Gasteiger partial charge in [-0.2, -0.15) is 0 Å². The molecule has 0 spiro atoms. The van der Waals surface area contributed by atoms with E-state index in [2.05, 4.69) is 46.9 Å². The lowest BCUT2D eigenvalue weighted by Crippen LogP contribution is -2.29. The normalized spacial score (nSPS) is 12.0. The fraction of sp³-hybridized carbons (Fsp3) is 0.269. The van der Waals surface area contributed by atoms with Crippen molar-refractivity contribution in [2.45, 2.75) is 39.8 Å². The number of benzene rings is 2. The van der Waals surface area contributed by atoms with Crippen LogP contribution in [0.5, 0.6) is 5.75 Å². The smallest absolute Gasteiger partial charge is 0.253 e. The number of pyridine rings is 1. The first-order valence-electron chi connectivity index (χ1n) is 10.9. The molecule has 2 heterocycles. The zero-order valence-electron chi connectivity index (χ0n) is 18.7. The van der Waals surface area contributed by atoms with E-state index in [0.29, 0.717) is 12.2 Å². The van der Waals surface area contributed by atoms with E-state index in [0.717, 1.165) is 41.1 Å². The molecule has 4 rings (SSSR count). The number of hydrogen-bond donors (Lipinski definition) is 1. The number of para-hydroxylation sites is 2. The molecule has 0 saturated carbocycles. The summed E-state index contributed by atoms with van der Waals surface area (Å²) in [5.41, 5.74) is 4.87. The summed E-state index contributed by atoms with van der Waals surface area (Å²) in [5.74, 6) is 1.58. The molecule has 0 bridgehead atoms. The van der Waals surface area contributed by atoms with Gasteiger partial charge in [0.05, 0.1) is 29.2 Å². The van der Waals surface area contributed by atoms with Gasteiger partial charge >= 0.3 is 0 Å². The number of carbonyl (C=O) groups excluding carboxylic acids is 1. The molecule has 32 heavy (non-hydrogen) atoms. The van der Waals surface area contributed by atoms with E-state index in [1.165, 1.54) is 5.56 Å². The van der Waals surface area contributed by atoms with Crippen molar-refractivity contribution in [3.63, 3.8) is 0 Å². The Morgan fingerprint density at radius 3 is 2.75 bits per heavy atom. The molecule has 6 nitrogen and oxygen atoms in total. The highest BCUT2D eigenvalue weighted by Gasteiger charge is 2.19. The fourth-order valence-electron chi connectivity index (χ4n) is 3.87. The van der Waals surface area contributed by atoms with Gasteiger partial charge in [-0.25, -0.2) is 4.98 Å². The predicted octanol–water partition coefficient (Wildman–Crippen LogP) is 5.01. The first-order valence-corrected chi connectivity index (χ1v) is 10.9. The lowest BCUT2D eigenvalue weighted by molar-refractivity contribution is 0.0937. The van der Waals surface area contributed by atoms with Crippen molar-refractivity contribution in [1.82, 2.24) is 19.9 Å². The van der Waals surface area contributed by atoms with Crippen LogP contribution in [0, 0.1) is 13.8 Å². The molecule has 6 heteroatoms. The number of ether oxygens (including phenoxy) is 1. The Hall–Kier alpha value is -3.67. The third-order valence-corrected chi connectivity index (χ3v) is 5.46. The quantitative estimate of drug-likeness (QED) is 0.401. The number of fused-ring (bicyclic) bond motifs is 1. The molecule has 1 unspecified atom stereocenters. The monoisotopic (exact) mass is 428 g/mol. The second kappa shape index (κ2) is 9.64. The molecule has 2 aromatic heterocycles. The number of amides is 1. The van der Waals surface area contributed by atoms with Gasteiger partial charge in [0.15, 0.2) is 0 Å². The van der Waals surface area contributed by atoms with Crippen LogP contribution in [-0.4, -0.2) is 27.0 Å². The van der Waals surface area contributed by atoms with E-state index >= 15 is 0 Å². The Labute approximate surface area is 188 Å². The molecule has 0 aliphatic carbocycles. The van der Waals surface area contributed by atoms with Gasteiger partial charge in [-0.15, -0.1) is 0 Å². The first-order chi connectivity index (χ1) is 15.5. The van der Waals surface area contributed by atoms with Crippen LogP contribution in [0.25, 0.3) is 11.0 Å². The van der Waals surface area contributed by atoms with Gasteiger partial charge in [0.2, 0.25) is 0 Å². The molecule has 0 aliphatic rings. The van der Waals surface area contributed by atoms with E-state index in [9.17, 15) is 4.79 Å². The predicted molar refractivity (Wildman–Crippen MR) is 126 cm³/mol. The van der Waals surface area contributed by atoms with Crippen LogP contribution < -0.4 is 10.1 Å². The average molecular weight is 429 g/mol. The summed E-state index contributed by atoms with van der Waals surface area (Å²) in [7, 11) is 0. The van der Waals surface area contributed by atoms with E-state index in [-0.39, 0.29) is 11.9 Å². The number of nitrogens with one attached hydrogen (secondary N) is 1. The summed E-state index contributed by atoms with van der Waals surface area (Å²) in [5, 5.41) is 3.05. The van der Waals surface area contributed by atoms with Gasteiger partial charge in [-0.1, -0.05) is 29.8 Å². The number of aryl methyl sites for hydroxylation is 3. The van der Waals surface area contributed by atoms with Crippen molar-refractivity contribution in [2.75, 3.05) is 6.61 Å². The lowest BCUT2D eigenvalue weighted by Gasteiger charge is -2.17. The van der Waals surface area contributed by atoms with E-state index in [1.54, 1.807) is 24.5 Å². The van der Waals surface area contributed by atoms with Crippen LogP contribution in [0.3, 0.4) is 0 Å². The van der Waals surface area contributed by atoms with Crippen LogP contribution >= 0.6 is 0 Å². The van der Waals surface area contributed by atoms with Gasteiger partial charge in [0, 0.05) is 18.9 Å². The van der Waals surface area contributed by atoms with E-state index in [1.807, 2.05) is 31.2 Å². The average Bonchev–Trinajstić information content (AvgIpc) is 3.17. The van der Waals surface area contributed by atoms with Crippen LogP contribution in [0.2, 0.25) is 0 Å². The molecular formula is C26H28N4O2. The molecule has 0 radical (unpaired) electrons. The molecular weight excluding hydrogens is 400 g/mol. The fourth-order valence-corrected chi connectivity index (χ4v) is 3.87. The highest BCUT2D eigenvalue weighted by Crippen LogP contribution is 2.23. The minimum Gasteiger partial charge on any atom is -0.493 e. The van der Waals surface area contributed by atoms with Gasteiger partial charge in [0.25, 0.3) is 5.91 Å². The van der Waals surface area contributed by atoms with Gasteiger partial charge in [-0.3, -0.25) is 9.78 Å². The summed E-state index contributed by atoms with van der Waals surface area (Å²) in [4.78, 5) is 21.5. The maximum absolute atomic E-state index is 12.6. The maximum atomic E-state index is 12.6. The summed E-state index contributed by atoms with van der Waals surface area (Å²) < 4.78 is 8.19. The molecule has 0 fully saturated rings.